The Morgan fingerprint density at radius 3 is 2.88 bits per heavy atom. The van der Waals surface area contributed by atoms with E-state index in [1.807, 2.05) is 13.8 Å². The number of anilines is 2. The van der Waals surface area contributed by atoms with Crippen LogP contribution in [-0.4, -0.2) is 47.2 Å². The van der Waals surface area contributed by atoms with E-state index in [-0.39, 0.29) is 18.5 Å². The van der Waals surface area contributed by atoms with Gasteiger partial charge < -0.3 is 20.3 Å². The van der Waals surface area contributed by atoms with Gasteiger partial charge in [0.15, 0.2) is 12.4 Å². The number of fused-ring (bicyclic) bond motifs is 1. The number of H-pyrrole nitrogens is 1. The SMILES string of the molecule is Cc1n[nH]c(C)c1CCN(C)C(=O)Nc1cc(Cl)c2c(c1)NC(=O)CO2. The maximum Gasteiger partial charge on any atom is 0.321 e. The number of halogens is 1. The largest absolute Gasteiger partial charge is 0.480 e. The Balaban J connectivity index is 1.65. The summed E-state index contributed by atoms with van der Waals surface area (Å²) >= 11 is 6.17. The van der Waals surface area contributed by atoms with Crippen molar-refractivity contribution in [2.24, 2.45) is 0 Å². The summed E-state index contributed by atoms with van der Waals surface area (Å²) in [5, 5.41) is 12.9. The number of carbonyl (C=O) groups excluding carboxylic acids is 2. The summed E-state index contributed by atoms with van der Waals surface area (Å²) in [5.41, 5.74) is 3.98. The highest BCUT2D eigenvalue weighted by Crippen LogP contribution is 2.38. The highest BCUT2D eigenvalue weighted by Gasteiger charge is 2.21. The number of carbonyl (C=O) groups is 2. The van der Waals surface area contributed by atoms with Crippen LogP contribution in [0.4, 0.5) is 16.2 Å². The molecule has 0 saturated heterocycles. The number of urea groups is 1. The standard InChI is InChI=1S/C17H20ClN5O3/c1-9-12(10(2)22-21-9)4-5-23(3)17(25)19-11-6-13(18)16-14(7-11)20-15(24)8-26-16/h6-7H,4-5,8H2,1-3H3,(H,19,25)(H,20,24)(H,21,22). The second-order valence-corrected chi connectivity index (χ2v) is 6.59. The lowest BCUT2D eigenvalue weighted by atomic mass is 10.1. The Morgan fingerprint density at radius 2 is 2.19 bits per heavy atom. The summed E-state index contributed by atoms with van der Waals surface area (Å²) in [6, 6.07) is 2.94. The number of hydrogen-bond acceptors (Lipinski definition) is 4. The third kappa shape index (κ3) is 3.75. The van der Waals surface area contributed by atoms with Gasteiger partial charge in [0.2, 0.25) is 0 Å². The monoisotopic (exact) mass is 377 g/mol. The number of aromatic nitrogens is 2. The Labute approximate surface area is 155 Å². The Kier molecular flexibility index (Phi) is 5.03. The van der Waals surface area contributed by atoms with Crippen LogP contribution in [0.25, 0.3) is 0 Å². The minimum Gasteiger partial charge on any atom is -0.480 e. The van der Waals surface area contributed by atoms with E-state index in [1.54, 1.807) is 24.1 Å². The molecular formula is C17H20ClN5O3. The average molecular weight is 378 g/mol. The first-order valence-electron chi connectivity index (χ1n) is 8.14. The van der Waals surface area contributed by atoms with Crippen LogP contribution in [0.1, 0.15) is 17.0 Å². The van der Waals surface area contributed by atoms with Gasteiger partial charge in [0.1, 0.15) is 0 Å². The van der Waals surface area contributed by atoms with Gasteiger partial charge in [-0.15, -0.1) is 0 Å². The molecule has 1 aliphatic heterocycles. The fraction of sp³-hybridized carbons (Fsp3) is 0.353. The maximum atomic E-state index is 12.4. The molecule has 0 unspecified atom stereocenters. The number of aryl methyl sites for hydroxylation is 2. The van der Waals surface area contributed by atoms with E-state index < -0.39 is 0 Å². The molecule has 3 N–H and O–H groups in total. The Bertz CT molecular complexity index is 845. The van der Waals surface area contributed by atoms with Crippen molar-refractivity contribution in [3.63, 3.8) is 0 Å². The van der Waals surface area contributed by atoms with E-state index in [0.29, 0.717) is 35.1 Å². The molecule has 2 heterocycles. The summed E-state index contributed by atoms with van der Waals surface area (Å²) in [4.78, 5) is 25.4. The summed E-state index contributed by atoms with van der Waals surface area (Å²) in [6.45, 7) is 4.35. The van der Waals surface area contributed by atoms with Crippen molar-refractivity contribution in [1.29, 1.82) is 0 Å². The van der Waals surface area contributed by atoms with Crippen LogP contribution in [0.15, 0.2) is 12.1 Å². The van der Waals surface area contributed by atoms with Crippen LogP contribution in [-0.2, 0) is 11.2 Å². The van der Waals surface area contributed by atoms with Gasteiger partial charge in [-0.3, -0.25) is 9.89 Å². The number of nitrogens with zero attached hydrogens (tertiary/aromatic N) is 2. The van der Waals surface area contributed by atoms with E-state index in [4.69, 9.17) is 16.3 Å². The molecule has 1 aliphatic rings. The van der Waals surface area contributed by atoms with Gasteiger partial charge in [-0.25, -0.2) is 4.79 Å². The van der Waals surface area contributed by atoms with Crippen LogP contribution < -0.4 is 15.4 Å². The lowest BCUT2D eigenvalue weighted by Crippen LogP contribution is -2.33. The van der Waals surface area contributed by atoms with Crippen molar-refractivity contribution in [3.05, 3.63) is 34.1 Å². The minimum atomic E-state index is -0.275. The molecule has 138 valence electrons. The predicted molar refractivity (Wildman–Crippen MR) is 99.0 cm³/mol. The van der Waals surface area contributed by atoms with Crippen LogP contribution in [0.3, 0.4) is 0 Å². The molecule has 0 spiro atoms. The number of ether oxygens (including phenoxy) is 1. The zero-order valence-corrected chi connectivity index (χ0v) is 15.5. The number of benzene rings is 1. The summed E-state index contributed by atoms with van der Waals surface area (Å²) < 4.78 is 5.30. The molecule has 0 saturated carbocycles. The second-order valence-electron chi connectivity index (χ2n) is 6.19. The van der Waals surface area contributed by atoms with Gasteiger partial charge in [-0.2, -0.15) is 5.10 Å². The third-order valence-corrected chi connectivity index (χ3v) is 4.52. The van der Waals surface area contributed by atoms with Gasteiger partial charge in [0.05, 0.1) is 16.4 Å². The predicted octanol–water partition coefficient (Wildman–Crippen LogP) is 2.72. The number of hydrogen-bond donors (Lipinski definition) is 3. The van der Waals surface area contributed by atoms with Crippen LogP contribution in [0, 0.1) is 13.8 Å². The van der Waals surface area contributed by atoms with E-state index in [0.717, 1.165) is 17.0 Å². The molecule has 0 atom stereocenters. The molecule has 0 bridgehead atoms. The summed E-state index contributed by atoms with van der Waals surface area (Å²) in [7, 11) is 1.71. The van der Waals surface area contributed by atoms with Gasteiger partial charge in [0.25, 0.3) is 5.91 Å². The molecule has 1 aromatic carbocycles. The van der Waals surface area contributed by atoms with E-state index in [2.05, 4.69) is 20.8 Å². The maximum absolute atomic E-state index is 12.4. The Morgan fingerprint density at radius 1 is 1.42 bits per heavy atom. The fourth-order valence-corrected chi connectivity index (χ4v) is 3.05. The third-order valence-electron chi connectivity index (χ3n) is 4.24. The van der Waals surface area contributed by atoms with Crippen molar-refractivity contribution in [2.75, 3.05) is 30.8 Å². The summed E-state index contributed by atoms with van der Waals surface area (Å²) in [6.07, 6.45) is 0.701. The van der Waals surface area contributed by atoms with Crippen molar-refractivity contribution in [1.82, 2.24) is 15.1 Å². The number of amides is 3. The average Bonchev–Trinajstić information content (AvgIpc) is 2.90. The number of aromatic amines is 1. The van der Waals surface area contributed by atoms with Crippen LogP contribution >= 0.6 is 11.6 Å². The highest BCUT2D eigenvalue weighted by atomic mass is 35.5. The van der Waals surface area contributed by atoms with Gasteiger partial charge in [-0.1, -0.05) is 11.6 Å². The summed E-state index contributed by atoms with van der Waals surface area (Å²) in [5.74, 6) is 0.142. The van der Waals surface area contributed by atoms with Crippen molar-refractivity contribution >= 4 is 34.9 Å². The highest BCUT2D eigenvalue weighted by molar-refractivity contribution is 6.33. The van der Waals surface area contributed by atoms with Gasteiger partial charge >= 0.3 is 6.03 Å². The molecule has 26 heavy (non-hydrogen) atoms. The lowest BCUT2D eigenvalue weighted by molar-refractivity contribution is -0.118. The normalized spacial score (nSPS) is 12.8. The Hall–Kier alpha value is -2.74. The first-order chi connectivity index (χ1) is 12.3. The molecule has 0 fully saturated rings. The van der Waals surface area contributed by atoms with Crippen LogP contribution in [0.5, 0.6) is 5.75 Å². The molecule has 3 amide bonds. The zero-order chi connectivity index (χ0) is 18.8. The van der Waals surface area contributed by atoms with Crippen LogP contribution in [0.2, 0.25) is 5.02 Å². The molecular weight excluding hydrogens is 358 g/mol. The number of likely N-dealkylation sites (N-methyl/N-ethyl adjacent to an activating group) is 1. The molecule has 2 aromatic rings. The first kappa shape index (κ1) is 18.1. The molecule has 1 aromatic heterocycles. The topological polar surface area (TPSA) is 99.4 Å². The van der Waals surface area contributed by atoms with E-state index in [9.17, 15) is 9.59 Å². The minimum absolute atomic E-state index is 0.0754. The number of nitrogens with one attached hydrogen (secondary N) is 3. The molecule has 3 rings (SSSR count). The first-order valence-corrected chi connectivity index (χ1v) is 8.51. The van der Waals surface area contributed by atoms with Crippen molar-refractivity contribution in [2.45, 2.75) is 20.3 Å². The molecule has 8 nitrogen and oxygen atoms in total. The van der Waals surface area contributed by atoms with E-state index >= 15 is 0 Å². The molecule has 9 heteroatoms. The smallest absolute Gasteiger partial charge is 0.321 e. The fourth-order valence-electron chi connectivity index (χ4n) is 2.77. The van der Waals surface area contributed by atoms with E-state index in [1.165, 1.54) is 0 Å². The van der Waals surface area contributed by atoms with Gasteiger partial charge in [0, 0.05) is 25.0 Å². The molecule has 0 aliphatic carbocycles. The quantitative estimate of drug-likeness (QED) is 0.762. The number of rotatable bonds is 4. The molecule has 0 radical (unpaired) electrons. The van der Waals surface area contributed by atoms with Crippen molar-refractivity contribution in [3.8, 4) is 5.75 Å². The zero-order valence-electron chi connectivity index (χ0n) is 14.8. The van der Waals surface area contributed by atoms with Crippen molar-refractivity contribution < 1.29 is 14.3 Å². The van der Waals surface area contributed by atoms with Gasteiger partial charge in [-0.05, 0) is 38.0 Å². The lowest BCUT2D eigenvalue weighted by Gasteiger charge is -2.22. The second kappa shape index (κ2) is 7.25.